The van der Waals surface area contributed by atoms with Crippen molar-refractivity contribution in [3.8, 4) is 5.75 Å². The number of rotatable bonds is 4. The van der Waals surface area contributed by atoms with Crippen molar-refractivity contribution >= 4 is 19.7 Å². The van der Waals surface area contributed by atoms with E-state index in [0.29, 0.717) is 11.3 Å². The third-order valence-electron chi connectivity index (χ3n) is 2.43. The van der Waals surface area contributed by atoms with Crippen molar-refractivity contribution in [2.75, 3.05) is 0 Å². The second-order valence-corrected chi connectivity index (χ2v) is 6.54. The molecule has 0 N–H and O–H groups in total. The highest BCUT2D eigenvalue weighted by Gasteiger charge is 2.09. The standard InChI is InChI=1S/C13H9ClF2O3S/c14-20(17,18)13-3-1-12(2-4-13)19-8-9-5-10(15)7-11(16)6-9/h1-7H,8H2. The molecule has 2 aromatic carbocycles. The number of benzene rings is 2. The van der Waals surface area contributed by atoms with Gasteiger partial charge in [0.15, 0.2) is 0 Å². The van der Waals surface area contributed by atoms with E-state index in [1.165, 1.54) is 24.3 Å². The Morgan fingerprint density at radius 1 is 1.00 bits per heavy atom. The van der Waals surface area contributed by atoms with Crippen molar-refractivity contribution in [3.63, 3.8) is 0 Å². The summed E-state index contributed by atoms with van der Waals surface area (Å²) < 4.78 is 53.3. The first-order chi connectivity index (χ1) is 9.34. The fourth-order valence-electron chi connectivity index (χ4n) is 1.56. The van der Waals surface area contributed by atoms with Crippen molar-refractivity contribution in [1.82, 2.24) is 0 Å². The van der Waals surface area contributed by atoms with Crippen molar-refractivity contribution < 1.29 is 21.9 Å². The molecule has 0 heterocycles. The van der Waals surface area contributed by atoms with Gasteiger partial charge in [0.05, 0.1) is 4.90 Å². The van der Waals surface area contributed by atoms with Crippen molar-refractivity contribution in [2.45, 2.75) is 11.5 Å². The molecule has 106 valence electrons. The van der Waals surface area contributed by atoms with E-state index in [1.54, 1.807) is 0 Å². The van der Waals surface area contributed by atoms with Crippen LogP contribution in [-0.4, -0.2) is 8.42 Å². The van der Waals surface area contributed by atoms with Gasteiger partial charge in [0.2, 0.25) is 0 Å². The first kappa shape index (κ1) is 14.7. The Hall–Kier alpha value is -1.66. The lowest BCUT2D eigenvalue weighted by molar-refractivity contribution is 0.304. The lowest BCUT2D eigenvalue weighted by Gasteiger charge is -2.07. The summed E-state index contributed by atoms with van der Waals surface area (Å²) in [6.45, 7) is -0.0400. The van der Waals surface area contributed by atoms with Gasteiger partial charge in [0.1, 0.15) is 24.0 Å². The summed E-state index contributed by atoms with van der Waals surface area (Å²) in [7, 11) is 1.39. The molecule has 2 rings (SSSR count). The Kier molecular flexibility index (Phi) is 4.25. The van der Waals surface area contributed by atoms with Crippen LogP contribution in [-0.2, 0) is 15.7 Å². The molecule has 0 aliphatic heterocycles. The fraction of sp³-hybridized carbons (Fsp3) is 0.0769. The molecule has 0 saturated heterocycles. The molecule has 20 heavy (non-hydrogen) atoms. The second kappa shape index (κ2) is 5.76. The van der Waals surface area contributed by atoms with Crippen LogP contribution >= 0.6 is 10.7 Å². The largest absolute Gasteiger partial charge is 0.489 e. The van der Waals surface area contributed by atoms with Gasteiger partial charge in [0, 0.05) is 16.7 Å². The van der Waals surface area contributed by atoms with Gasteiger partial charge in [-0.25, -0.2) is 17.2 Å². The Labute approximate surface area is 119 Å². The van der Waals surface area contributed by atoms with Crippen LogP contribution in [0.3, 0.4) is 0 Å². The van der Waals surface area contributed by atoms with E-state index >= 15 is 0 Å². The predicted octanol–water partition coefficient (Wildman–Crippen LogP) is 3.47. The van der Waals surface area contributed by atoms with Gasteiger partial charge >= 0.3 is 0 Å². The minimum Gasteiger partial charge on any atom is -0.489 e. The zero-order chi connectivity index (χ0) is 14.8. The molecule has 0 bridgehead atoms. The zero-order valence-corrected chi connectivity index (χ0v) is 11.6. The van der Waals surface area contributed by atoms with E-state index in [4.69, 9.17) is 15.4 Å². The van der Waals surface area contributed by atoms with Crippen molar-refractivity contribution in [1.29, 1.82) is 0 Å². The molecule has 0 unspecified atom stereocenters. The zero-order valence-electron chi connectivity index (χ0n) is 10.0. The van der Waals surface area contributed by atoms with Gasteiger partial charge in [0.25, 0.3) is 9.05 Å². The van der Waals surface area contributed by atoms with Crippen LogP contribution in [0.1, 0.15) is 5.56 Å². The lowest BCUT2D eigenvalue weighted by Crippen LogP contribution is -1.97. The van der Waals surface area contributed by atoms with E-state index in [9.17, 15) is 17.2 Å². The second-order valence-electron chi connectivity index (χ2n) is 3.98. The van der Waals surface area contributed by atoms with E-state index in [-0.39, 0.29) is 11.5 Å². The first-order valence-corrected chi connectivity index (χ1v) is 7.78. The number of hydrogen-bond acceptors (Lipinski definition) is 3. The SMILES string of the molecule is O=S(=O)(Cl)c1ccc(OCc2cc(F)cc(F)c2)cc1. The van der Waals surface area contributed by atoms with Gasteiger partial charge < -0.3 is 4.74 Å². The third kappa shape index (κ3) is 3.91. The highest BCUT2D eigenvalue weighted by molar-refractivity contribution is 8.13. The molecule has 0 spiro atoms. The van der Waals surface area contributed by atoms with Gasteiger partial charge in [-0.15, -0.1) is 0 Å². The Morgan fingerprint density at radius 2 is 1.55 bits per heavy atom. The minimum atomic E-state index is -3.78. The molecule has 0 aliphatic rings. The summed E-state index contributed by atoms with van der Waals surface area (Å²) in [5.74, 6) is -1.02. The van der Waals surface area contributed by atoms with Gasteiger partial charge in [-0.3, -0.25) is 0 Å². The topological polar surface area (TPSA) is 43.4 Å². The first-order valence-electron chi connectivity index (χ1n) is 5.47. The van der Waals surface area contributed by atoms with Crippen LogP contribution in [0, 0.1) is 11.6 Å². The molecule has 0 saturated carbocycles. The Morgan fingerprint density at radius 3 is 2.05 bits per heavy atom. The Bertz CT molecular complexity index is 695. The molecule has 0 fully saturated rings. The van der Waals surface area contributed by atoms with Crippen molar-refractivity contribution in [3.05, 3.63) is 59.7 Å². The average Bonchev–Trinajstić information content (AvgIpc) is 2.35. The maximum absolute atomic E-state index is 13.0. The maximum atomic E-state index is 13.0. The van der Waals surface area contributed by atoms with Gasteiger partial charge in [-0.1, -0.05) is 0 Å². The van der Waals surface area contributed by atoms with Crippen LogP contribution in [0.2, 0.25) is 0 Å². The number of ether oxygens (including phenoxy) is 1. The summed E-state index contributed by atoms with van der Waals surface area (Å²) in [6.07, 6.45) is 0. The molecule has 0 amide bonds. The van der Waals surface area contributed by atoms with Crippen molar-refractivity contribution in [2.24, 2.45) is 0 Å². The predicted molar refractivity (Wildman–Crippen MR) is 70.2 cm³/mol. The van der Waals surface area contributed by atoms with Crippen LogP contribution in [0.5, 0.6) is 5.75 Å². The molecule has 0 radical (unpaired) electrons. The van der Waals surface area contributed by atoms with Gasteiger partial charge in [-0.2, -0.15) is 0 Å². The third-order valence-corrected chi connectivity index (χ3v) is 3.80. The molecule has 0 aliphatic carbocycles. The molecule has 7 heteroatoms. The fourth-order valence-corrected chi connectivity index (χ4v) is 2.33. The van der Waals surface area contributed by atoms with Crippen LogP contribution in [0.25, 0.3) is 0 Å². The lowest BCUT2D eigenvalue weighted by atomic mass is 10.2. The summed E-state index contributed by atoms with van der Waals surface area (Å²) in [4.78, 5) is -0.0525. The summed E-state index contributed by atoms with van der Waals surface area (Å²) in [6, 6.07) is 8.45. The van der Waals surface area contributed by atoms with E-state index in [2.05, 4.69) is 0 Å². The van der Waals surface area contributed by atoms with E-state index in [1.807, 2.05) is 0 Å². The average molecular weight is 319 g/mol. The molecule has 0 aromatic heterocycles. The highest BCUT2D eigenvalue weighted by atomic mass is 35.7. The normalized spacial score (nSPS) is 11.3. The van der Waals surface area contributed by atoms with E-state index < -0.39 is 20.7 Å². The number of halogens is 3. The smallest absolute Gasteiger partial charge is 0.261 e. The summed E-state index contributed by atoms with van der Waals surface area (Å²) in [5, 5.41) is 0. The molecule has 2 aromatic rings. The quantitative estimate of drug-likeness (QED) is 0.811. The minimum absolute atomic E-state index is 0.0400. The van der Waals surface area contributed by atoms with Crippen LogP contribution in [0.15, 0.2) is 47.4 Å². The molecular formula is C13H9ClF2O3S. The molecular weight excluding hydrogens is 310 g/mol. The monoisotopic (exact) mass is 318 g/mol. The molecule has 3 nitrogen and oxygen atoms in total. The Balaban J connectivity index is 2.07. The highest BCUT2D eigenvalue weighted by Crippen LogP contribution is 2.20. The van der Waals surface area contributed by atoms with E-state index in [0.717, 1.165) is 18.2 Å². The maximum Gasteiger partial charge on any atom is 0.261 e. The summed E-state index contributed by atoms with van der Waals surface area (Å²) >= 11 is 0. The number of hydrogen-bond donors (Lipinski definition) is 0. The summed E-state index contributed by atoms with van der Waals surface area (Å²) in [5.41, 5.74) is 0.330. The van der Waals surface area contributed by atoms with Crippen LogP contribution in [0.4, 0.5) is 8.78 Å². The van der Waals surface area contributed by atoms with Crippen LogP contribution < -0.4 is 4.74 Å². The van der Waals surface area contributed by atoms with Gasteiger partial charge in [-0.05, 0) is 42.0 Å². The molecule has 0 atom stereocenters.